The lowest BCUT2D eigenvalue weighted by atomic mass is 9.84. The second-order valence-corrected chi connectivity index (χ2v) is 5.78. The number of carbonyl (C=O) groups excluding carboxylic acids is 1. The van der Waals surface area contributed by atoms with Gasteiger partial charge in [-0.2, -0.15) is 5.26 Å². The lowest BCUT2D eigenvalue weighted by Crippen LogP contribution is -2.21. The Hall–Kier alpha value is -3.51. The molecule has 0 aliphatic carbocycles. The van der Waals surface area contributed by atoms with Gasteiger partial charge in [0.15, 0.2) is 11.5 Å². The lowest BCUT2D eigenvalue weighted by Gasteiger charge is -2.24. The van der Waals surface area contributed by atoms with Gasteiger partial charge in [0.1, 0.15) is 11.6 Å². The fourth-order valence-corrected chi connectivity index (χ4v) is 3.00. The molecule has 0 saturated carbocycles. The molecule has 2 aromatic rings. The summed E-state index contributed by atoms with van der Waals surface area (Å²) in [5.74, 6) is -0.110. The van der Waals surface area contributed by atoms with E-state index in [1.54, 1.807) is 25.3 Å². The molecule has 0 saturated heterocycles. The van der Waals surface area contributed by atoms with Gasteiger partial charge in [-0.3, -0.25) is 9.89 Å². The molecular weight excluding hydrogens is 352 g/mol. The highest BCUT2D eigenvalue weighted by Crippen LogP contribution is 2.44. The smallest absolute Gasteiger partial charge is 0.308 e. The molecule has 0 amide bonds. The Morgan fingerprint density at radius 3 is 2.81 bits per heavy atom. The maximum atomic E-state index is 11.3. The van der Waals surface area contributed by atoms with Crippen molar-refractivity contribution in [2.24, 2.45) is 5.73 Å². The van der Waals surface area contributed by atoms with Crippen molar-refractivity contribution < 1.29 is 23.7 Å². The third-order valence-corrected chi connectivity index (χ3v) is 4.08. The summed E-state index contributed by atoms with van der Waals surface area (Å²) in [6.07, 6.45) is 0. The summed E-state index contributed by atoms with van der Waals surface area (Å²) >= 11 is 0. The fraction of sp³-hybridized carbons (Fsp3) is 0.278. The van der Waals surface area contributed by atoms with Crippen LogP contribution in [0.4, 0.5) is 0 Å². The number of ether oxygens (including phenoxy) is 4. The van der Waals surface area contributed by atoms with Crippen molar-refractivity contribution in [3.8, 4) is 23.4 Å². The van der Waals surface area contributed by atoms with Crippen molar-refractivity contribution in [1.82, 2.24) is 10.2 Å². The zero-order valence-corrected chi connectivity index (χ0v) is 15.0. The molecule has 1 aliphatic heterocycles. The molecule has 9 nitrogen and oxygen atoms in total. The van der Waals surface area contributed by atoms with Crippen LogP contribution in [0.2, 0.25) is 0 Å². The Balaban J connectivity index is 2.16. The molecule has 27 heavy (non-hydrogen) atoms. The predicted octanol–water partition coefficient (Wildman–Crippen LogP) is 1.71. The van der Waals surface area contributed by atoms with Crippen LogP contribution in [0.1, 0.15) is 29.7 Å². The highest BCUT2D eigenvalue weighted by atomic mass is 16.6. The van der Waals surface area contributed by atoms with Crippen LogP contribution in [0.25, 0.3) is 0 Å². The third-order valence-electron chi connectivity index (χ3n) is 4.08. The number of aromatic amines is 1. The minimum atomic E-state index is -0.539. The summed E-state index contributed by atoms with van der Waals surface area (Å²) in [5, 5.41) is 16.6. The van der Waals surface area contributed by atoms with Crippen LogP contribution >= 0.6 is 0 Å². The van der Waals surface area contributed by atoms with E-state index < -0.39 is 11.9 Å². The standard InChI is InChI=1S/C18H18N4O5/c1-9(23)26-13-5-4-10(6-14(13)25-3)15-11(7-19)17(20)27-18-16(15)12(8-24-2)21-22-18/h4-6,15H,8,20H2,1-3H3,(H,21,22). The highest BCUT2D eigenvalue weighted by molar-refractivity contribution is 5.70. The van der Waals surface area contributed by atoms with Gasteiger partial charge in [0.25, 0.3) is 0 Å². The summed E-state index contributed by atoms with van der Waals surface area (Å²) in [7, 11) is 3.02. The van der Waals surface area contributed by atoms with Gasteiger partial charge in [-0.15, -0.1) is 5.10 Å². The van der Waals surface area contributed by atoms with Gasteiger partial charge < -0.3 is 24.7 Å². The van der Waals surface area contributed by atoms with E-state index in [9.17, 15) is 10.1 Å². The number of H-pyrrole nitrogens is 1. The van der Waals surface area contributed by atoms with E-state index in [2.05, 4.69) is 16.3 Å². The molecule has 3 N–H and O–H groups in total. The number of esters is 1. The molecule has 0 bridgehead atoms. The summed E-state index contributed by atoms with van der Waals surface area (Å²) in [6.45, 7) is 1.56. The molecule has 140 valence electrons. The van der Waals surface area contributed by atoms with E-state index in [0.29, 0.717) is 22.6 Å². The monoisotopic (exact) mass is 370 g/mol. The molecule has 1 unspecified atom stereocenters. The molecule has 1 atom stereocenters. The number of rotatable bonds is 5. The second kappa shape index (κ2) is 7.39. The van der Waals surface area contributed by atoms with Gasteiger partial charge in [-0.25, -0.2) is 0 Å². The zero-order chi connectivity index (χ0) is 19.6. The first kappa shape index (κ1) is 18.3. The molecule has 2 heterocycles. The number of methoxy groups -OCH3 is 2. The van der Waals surface area contributed by atoms with Gasteiger partial charge in [0.05, 0.1) is 30.9 Å². The highest BCUT2D eigenvalue weighted by Gasteiger charge is 2.35. The third kappa shape index (κ3) is 3.30. The van der Waals surface area contributed by atoms with Gasteiger partial charge in [-0.05, 0) is 17.7 Å². The van der Waals surface area contributed by atoms with Crippen LogP contribution in [0.5, 0.6) is 17.4 Å². The summed E-state index contributed by atoms with van der Waals surface area (Å²) < 4.78 is 21.2. The molecule has 9 heteroatoms. The normalized spacial score (nSPS) is 15.6. The van der Waals surface area contributed by atoms with Crippen LogP contribution in [-0.4, -0.2) is 30.4 Å². The van der Waals surface area contributed by atoms with Crippen molar-refractivity contribution in [2.75, 3.05) is 14.2 Å². The average Bonchev–Trinajstić information content (AvgIpc) is 3.03. The average molecular weight is 370 g/mol. The van der Waals surface area contributed by atoms with Crippen LogP contribution in [0.15, 0.2) is 29.7 Å². The van der Waals surface area contributed by atoms with E-state index in [-0.39, 0.29) is 29.7 Å². The summed E-state index contributed by atoms with van der Waals surface area (Å²) in [6, 6.07) is 7.13. The van der Waals surface area contributed by atoms with Gasteiger partial charge in [0, 0.05) is 14.0 Å². The molecule has 0 fully saturated rings. The topological polar surface area (TPSA) is 132 Å². The van der Waals surface area contributed by atoms with Gasteiger partial charge >= 0.3 is 5.97 Å². The molecule has 1 aromatic carbocycles. The maximum Gasteiger partial charge on any atom is 0.308 e. The van der Waals surface area contributed by atoms with Crippen LogP contribution in [-0.2, 0) is 16.1 Å². The molecule has 0 radical (unpaired) electrons. The number of aromatic nitrogens is 2. The maximum absolute atomic E-state index is 11.3. The first-order chi connectivity index (χ1) is 13.0. The van der Waals surface area contributed by atoms with Crippen LogP contribution in [0.3, 0.4) is 0 Å². The van der Waals surface area contributed by atoms with Crippen molar-refractivity contribution in [3.63, 3.8) is 0 Å². The Labute approximate surface area is 155 Å². The number of hydrogen-bond donors (Lipinski definition) is 2. The van der Waals surface area contributed by atoms with Crippen molar-refractivity contribution in [3.05, 3.63) is 46.5 Å². The Morgan fingerprint density at radius 2 is 2.19 bits per heavy atom. The minimum absolute atomic E-state index is 0.0199. The number of carbonyl (C=O) groups is 1. The van der Waals surface area contributed by atoms with E-state index in [1.165, 1.54) is 14.0 Å². The molecular formula is C18H18N4O5. The van der Waals surface area contributed by atoms with E-state index >= 15 is 0 Å². The molecule has 3 rings (SSSR count). The SMILES string of the molecule is COCc1[nH]nc2c1C(c1ccc(OC(C)=O)c(OC)c1)C(C#N)=C(N)O2. The van der Waals surface area contributed by atoms with Crippen molar-refractivity contribution in [1.29, 1.82) is 5.26 Å². The number of nitriles is 1. The number of nitrogens with two attached hydrogens (primary N) is 1. The second-order valence-electron chi connectivity index (χ2n) is 5.78. The fourth-order valence-electron chi connectivity index (χ4n) is 3.00. The number of benzene rings is 1. The van der Waals surface area contributed by atoms with Crippen molar-refractivity contribution in [2.45, 2.75) is 19.4 Å². The Bertz CT molecular complexity index is 957. The molecule has 0 spiro atoms. The van der Waals surface area contributed by atoms with E-state index in [0.717, 1.165) is 0 Å². The first-order valence-corrected chi connectivity index (χ1v) is 8.00. The zero-order valence-electron chi connectivity index (χ0n) is 15.0. The van der Waals surface area contributed by atoms with E-state index in [1.807, 2.05) is 0 Å². The predicted molar refractivity (Wildman–Crippen MR) is 92.9 cm³/mol. The minimum Gasteiger partial charge on any atom is -0.493 e. The number of nitrogens with one attached hydrogen (secondary N) is 1. The number of hydrogen-bond acceptors (Lipinski definition) is 8. The van der Waals surface area contributed by atoms with Crippen LogP contribution in [0, 0.1) is 11.3 Å². The largest absolute Gasteiger partial charge is 0.493 e. The first-order valence-electron chi connectivity index (χ1n) is 8.00. The molecule has 1 aliphatic rings. The summed E-state index contributed by atoms with van der Waals surface area (Å²) in [4.78, 5) is 11.3. The number of nitrogens with zero attached hydrogens (tertiary/aromatic N) is 2. The summed E-state index contributed by atoms with van der Waals surface area (Å²) in [5.41, 5.74) is 8.19. The number of allylic oxidation sites excluding steroid dienone is 1. The van der Waals surface area contributed by atoms with Gasteiger partial charge in [0.2, 0.25) is 11.8 Å². The van der Waals surface area contributed by atoms with E-state index in [4.69, 9.17) is 24.7 Å². The van der Waals surface area contributed by atoms with Crippen LogP contribution < -0.4 is 19.9 Å². The quantitative estimate of drug-likeness (QED) is 0.600. The lowest BCUT2D eigenvalue weighted by molar-refractivity contribution is -0.132. The van der Waals surface area contributed by atoms with Crippen molar-refractivity contribution >= 4 is 5.97 Å². The molecule has 1 aromatic heterocycles. The Morgan fingerprint density at radius 1 is 1.41 bits per heavy atom. The Kier molecular flexibility index (Phi) is 5.00. The van der Waals surface area contributed by atoms with Gasteiger partial charge in [-0.1, -0.05) is 6.07 Å². The number of fused-ring (bicyclic) bond motifs is 1.